The number of hydrogen-bond acceptors (Lipinski definition) is 4. The van der Waals surface area contributed by atoms with Gasteiger partial charge in [-0.2, -0.15) is 0 Å². The molecule has 1 aliphatic rings. The van der Waals surface area contributed by atoms with Crippen molar-refractivity contribution in [3.8, 4) is 17.2 Å². The van der Waals surface area contributed by atoms with E-state index in [1.54, 1.807) is 14.2 Å². The third-order valence-corrected chi connectivity index (χ3v) is 3.67. The van der Waals surface area contributed by atoms with Crippen molar-refractivity contribution in [1.82, 2.24) is 0 Å². The predicted octanol–water partition coefficient (Wildman–Crippen LogP) is 2.48. The van der Waals surface area contributed by atoms with Gasteiger partial charge in [0.15, 0.2) is 11.5 Å². The van der Waals surface area contributed by atoms with E-state index in [9.17, 15) is 0 Å². The Morgan fingerprint density at radius 1 is 1.16 bits per heavy atom. The van der Waals surface area contributed by atoms with Crippen molar-refractivity contribution in [1.29, 1.82) is 0 Å². The molecule has 19 heavy (non-hydrogen) atoms. The van der Waals surface area contributed by atoms with E-state index in [2.05, 4.69) is 6.07 Å². The first-order valence-corrected chi connectivity index (χ1v) is 6.70. The normalized spacial score (nSPS) is 16.3. The van der Waals surface area contributed by atoms with E-state index in [4.69, 9.17) is 19.9 Å². The van der Waals surface area contributed by atoms with Gasteiger partial charge in [-0.25, -0.2) is 0 Å². The van der Waals surface area contributed by atoms with Crippen LogP contribution in [0.5, 0.6) is 17.2 Å². The average molecular weight is 265 g/mol. The minimum atomic E-state index is 0.0593. The monoisotopic (exact) mass is 265 g/mol. The number of methoxy groups -OCH3 is 2. The van der Waals surface area contributed by atoms with Gasteiger partial charge in [0, 0.05) is 17.5 Å². The fourth-order valence-corrected chi connectivity index (χ4v) is 2.40. The Balaban J connectivity index is 2.53. The Labute approximate surface area is 114 Å². The van der Waals surface area contributed by atoms with E-state index < -0.39 is 0 Å². The van der Waals surface area contributed by atoms with Crippen LogP contribution in [-0.4, -0.2) is 26.9 Å². The summed E-state index contributed by atoms with van der Waals surface area (Å²) in [7, 11) is 3.27. The molecule has 0 aliphatic heterocycles. The first kappa shape index (κ1) is 14.0. The quantitative estimate of drug-likeness (QED) is 0.858. The van der Waals surface area contributed by atoms with Crippen LogP contribution in [0.4, 0.5) is 0 Å². The smallest absolute Gasteiger partial charge is 0.203 e. The molecule has 1 fully saturated rings. The van der Waals surface area contributed by atoms with Crippen molar-refractivity contribution in [2.24, 2.45) is 5.73 Å². The summed E-state index contributed by atoms with van der Waals surface area (Å²) in [5.41, 5.74) is 7.13. The molecule has 0 amide bonds. The number of hydrogen-bond donors (Lipinski definition) is 1. The topological polar surface area (TPSA) is 53.7 Å². The minimum Gasteiger partial charge on any atom is -0.493 e. The molecule has 1 aromatic carbocycles. The van der Waals surface area contributed by atoms with Gasteiger partial charge in [0.1, 0.15) is 0 Å². The van der Waals surface area contributed by atoms with E-state index >= 15 is 0 Å². The molecule has 106 valence electrons. The Hall–Kier alpha value is -1.42. The van der Waals surface area contributed by atoms with Crippen LogP contribution in [0, 0.1) is 0 Å². The van der Waals surface area contributed by atoms with Gasteiger partial charge < -0.3 is 19.9 Å². The highest BCUT2D eigenvalue weighted by Gasteiger charge is 2.46. The molecular weight excluding hydrogens is 242 g/mol. The molecule has 1 aromatic rings. The van der Waals surface area contributed by atoms with Crippen molar-refractivity contribution in [2.75, 3.05) is 20.8 Å². The van der Waals surface area contributed by atoms with Gasteiger partial charge in [-0.3, -0.25) is 0 Å². The molecule has 0 radical (unpaired) electrons. The maximum absolute atomic E-state index is 5.98. The molecule has 1 saturated carbocycles. The van der Waals surface area contributed by atoms with Gasteiger partial charge in [-0.05, 0) is 32.8 Å². The zero-order valence-electron chi connectivity index (χ0n) is 12.2. The standard InChI is InChI=1S/C15H23NO3/c1-10(2)19-13-11(15(9-16)7-8-15)5-6-12(17-3)14(13)18-4/h5-6,10H,7-9,16H2,1-4H3. The lowest BCUT2D eigenvalue weighted by Gasteiger charge is -2.23. The summed E-state index contributed by atoms with van der Waals surface area (Å²) in [6.45, 7) is 4.65. The van der Waals surface area contributed by atoms with Gasteiger partial charge in [0.25, 0.3) is 0 Å². The fraction of sp³-hybridized carbons (Fsp3) is 0.600. The first-order chi connectivity index (χ1) is 9.07. The van der Waals surface area contributed by atoms with Crippen LogP contribution in [0.2, 0.25) is 0 Å². The Kier molecular flexibility index (Phi) is 3.90. The molecule has 1 aliphatic carbocycles. The molecular formula is C15H23NO3. The maximum Gasteiger partial charge on any atom is 0.203 e. The molecule has 0 saturated heterocycles. The fourth-order valence-electron chi connectivity index (χ4n) is 2.40. The van der Waals surface area contributed by atoms with E-state index in [1.165, 1.54) is 0 Å². The molecule has 2 rings (SSSR count). The van der Waals surface area contributed by atoms with E-state index in [1.807, 2.05) is 19.9 Å². The van der Waals surface area contributed by atoms with Crippen molar-refractivity contribution in [3.05, 3.63) is 17.7 Å². The molecule has 0 spiro atoms. The number of nitrogens with two attached hydrogens (primary N) is 1. The third-order valence-electron chi connectivity index (χ3n) is 3.67. The van der Waals surface area contributed by atoms with Crippen molar-refractivity contribution in [2.45, 2.75) is 38.2 Å². The molecule has 2 N–H and O–H groups in total. The van der Waals surface area contributed by atoms with Crippen LogP contribution < -0.4 is 19.9 Å². The van der Waals surface area contributed by atoms with Gasteiger partial charge in [-0.15, -0.1) is 0 Å². The Bertz CT molecular complexity index is 453. The molecule has 0 bridgehead atoms. The number of benzene rings is 1. The van der Waals surface area contributed by atoms with Gasteiger partial charge in [0.2, 0.25) is 5.75 Å². The Morgan fingerprint density at radius 3 is 2.26 bits per heavy atom. The van der Waals surface area contributed by atoms with E-state index in [-0.39, 0.29) is 11.5 Å². The molecule has 0 heterocycles. The van der Waals surface area contributed by atoms with E-state index in [0.717, 1.165) is 24.2 Å². The van der Waals surface area contributed by atoms with Crippen LogP contribution in [0.3, 0.4) is 0 Å². The summed E-state index contributed by atoms with van der Waals surface area (Å²) in [4.78, 5) is 0. The predicted molar refractivity (Wildman–Crippen MR) is 75.3 cm³/mol. The lowest BCUT2D eigenvalue weighted by atomic mass is 9.94. The molecule has 4 nitrogen and oxygen atoms in total. The van der Waals surface area contributed by atoms with Crippen molar-refractivity contribution in [3.63, 3.8) is 0 Å². The first-order valence-electron chi connectivity index (χ1n) is 6.70. The molecule has 0 aromatic heterocycles. The SMILES string of the molecule is COc1ccc(C2(CN)CC2)c(OC(C)C)c1OC. The summed E-state index contributed by atoms with van der Waals surface area (Å²) in [6, 6.07) is 3.98. The van der Waals surface area contributed by atoms with Crippen LogP contribution in [0.15, 0.2) is 12.1 Å². The molecule has 0 atom stereocenters. The maximum atomic E-state index is 5.98. The highest BCUT2D eigenvalue weighted by molar-refractivity contribution is 5.59. The van der Waals surface area contributed by atoms with Gasteiger partial charge in [-0.1, -0.05) is 6.07 Å². The van der Waals surface area contributed by atoms with Crippen LogP contribution in [0.1, 0.15) is 32.3 Å². The second-order valence-electron chi connectivity index (χ2n) is 5.33. The lowest BCUT2D eigenvalue weighted by Crippen LogP contribution is -2.22. The summed E-state index contributed by atoms with van der Waals surface area (Å²) < 4.78 is 16.8. The zero-order chi connectivity index (χ0) is 14.0. The summed E-state index contributed by atoms with van der Waals surface area (Å²) >= 11 is 0. The average Bonchev–Trinajstić information content (AvgIpc) is 3.18. The third kappa shape index (κ3) is 2.50. The van der Waals surface area contributed by atoms with Crippen molar-refractivity contribution >= 4 is 0 Å². The van der Waals surface area contributed by atoms with E-state index in [0.29, 0.717) is 18.0 Å². The summed E-state index contributed by atoms with van der Waals surface area (Å²) in [5.74, 6) is 2.13. The summed E-state index contributed by atoms with van der Waals surface area (Å²) in [6.07, 6.45) is 2.29. The van der Waals surface area contributed by atoms with Gasteiger partial charge in [0.05, 0.1) is 20.3 Å². The highest BCUT2D eigenvalue weighted by Crippen LogP contribution is 2.54. The lowest BCUT2D eigenvalue weighted by molar-refractivity contribution is 0.222. The second kappa shape index (κ2) is 5.29. The number of rotatable bonds is 6. The zero-order valence-corrected chi connectivity index (χ0v) is 12.2. The van der Waals surface area contributed by atoms with Crippen LogP contribution in [0.25, 0.3) is 0 Å². The minimum absolute atomic E-state index is 0.0593. The molecule has 4 heteroatoms. The number of ether oxygens (including phenoxy) is 3. The van der Waals surface area contributed by atoms with Crippen LogP contribution >= 0.6 is 0 Å². The van der Waals surface area contributed by atoms with Crippen LogP contribution in [-0.2, 0) is 5.41 Å². The van der Waals surface area contributed by atoms with Crippen molar-refractivity contribution < 1.29 is 14.2 Å². The second-order valence-corrected chi connectivity index (χ2v) is 5.33. The summed E-state index contributed by atoms with van der Waals surface area (Å²) in [5, 5.41) is 0. The highest BCUT2D eigenvalue weighted by atomic mass is 16.5. The Morgan fingerprint density at radius 2 is 1.84 bits per heavy atom. The molecule has 0 unspecified atom stereocenters. The largest absolute Gasteiger partial charge is 0.493 e. The van der Waals surface area contributed by atoms with Gasteiger partial charge >= 0.3 is 0 Å².